The highest BCUT2D eigenvalue weighted by molar-refractivity contribution is 6.01. The zero-order valence-electron chi connectivity index (χ0n) is 13.5. The highest BCUT2D eigenvalue weighted by Gasteiger charge is 2.44. The van der Waals surface area contributed by atoms with Crippen LogP contribution in [0.5, 0.6) is 0 Å². The van der Waals surface area contributed by atoms with Gasteiger partial charge in [0.25, 0.3) is 5.91 Å². The van der Waals surface area contributed by atoms with E-state index >= 15 is 0 Å². The van der Waals surface area contributed by atoms with Crippen molar-refractivity contribution in [1.82, 2.24) is 19.5 Å². The SMILES string of the molecule is Cc1cc(C)n2nc(C)c(C(=O)N3CCOC(C(F)(F)F)C3)c2n1. The van der Waals surface area contributed by atoms with Gasteiger partial charge < -0.3 is 9.64 Å². The minimum Gasteiger partial charge on any atom is -0.365 e. The first-order valence-electron chi connectivity index (χ1n) is 7.49. The van der Waals surface area contributed by atoms with Gasteiger partial charge in [0.2, 0.25) is 0 Å². The number of nitrogens with zero attached hydrogens (tertiary/aromatic N) is 4. The first-order chi connectivity index (χ1) is 11.2. The number of aryl methyl sites for hydroxylation is 3. The molecule has 0 aliphatic carbocycles. The van der Waals surface area contributed by atoms with Gasteiger partial charge in [-0.1, -0.05) is 0 Å². The number of hydrogen-bond donors (Lipinski definition) is 0. The standard InChI is InChI=1S/C15H17F3N4O2/c1-8-6-9(2)22-13(19-8)12(10(3)20-22)14(23)21-4-5-24-11(7-21)15(16,17)18/h6,11H,4-5,7H2,1-3H3. The van der Waals surface area contributed by atoms with E-state index in [1.54, 1.807) is 13.8 Å². The molecule has 2 aromatic heterocycles. The Kier molecular flexibility index (Phi) is 3.98. The topological polar surface area (TPSA) is 59.7 Å². The Balaban J connectivity index is 1.98. The summed E-state index contributed by atoms with van der Waals surface area (Å²) in [5.74, 6) is -0.502. The van der Waals surface area contributed by atoms with E-state index in [4.69, 9.17) is 4.74 Å². The lowest BCUT2D eigenvalue weighted by Crippen LogP contribution is -2.51. The third-order valence-corrected chi connectivity index (χ3v) is 4.00. The smallest absolute Gasteiger partial charge is 0.365 e. The molecule has 24 heavy (non-hydrogen) atoms. The summed E-state index contributed by atoms with van der Waals surface area (Å²) in [4.78, 5) is 18.3. The van der Waals surface area contributed by atoms with Gasteiger partial charge in [0.1, 0.15) is 5.56 Å². The normalized spacial score (nSPS) is 19.1. The van der Waals surface area contributed by atoms with Gasteiger partial charge in [-0.2, -0.15) is 18.3 Å². The number of carbonyl (C=O) groups is 1. The largest absolute Gasteiger partial charge is 0.416 e. The van der Waals surface area contributed by atoms with Crippen molar-refractivity contribution in [2.45, 2.75) is 33.1 Å². The Morgan fingerprint density at radius 1 is 1.33 bits per heavy atom. The molecule has 1 aliphatic rings. The lowest BCUT2D eigenvalue weighted by Gasteiger charge is -2.33. The van der Waals surface area contributed by atoms with Crippen LogP contribution in [0.25, 0.3) is 5.65 Å². The maximum atomic E-state index is 12.9. The second kappa shape index (κ2) is 5.73. The molecule has 0 N–H and O–H groups in total. The fraction of sp³-hybridized carbons (Fsp3) is 0.533. The summed E-state index contributed by atoms with van der Waals surface area (Å²) in [6, 6.07) is 1.82. The fourth-order valence-electron chi connectivity index (χ4n) is 2.87. The Labute approximate surface area is 136 Å². The molecule has 9 heteroatoms. The van der Waals surface area contributed by atoms with Gasteiger partial charge in [-0.25, -0.2) is 9.50 Å². The molecule has 0 radical (unpaired) electrons. The van der Waals surface area contributed by atoms with Crippen LogP contribution >= 0.6 is 0 Å². The number of aromatic nitrogens is 3. The molecular weight excluding hydrogens is 325 g/mol. The molecule has 6 nitrogen and oxygen atoms in total. The van der Waals surface area contributed by atoms with Crippen LogP contribution in [0.4, 0.5) is 13.2 Å². The predicted octanol–water partition coefficient (Wildman–Crippen LogP) is 2.06. The van der Waals surface area contributed by atoms with Crippen LogP contribution in [0.2, 0.25) is 0 Å². The monoisotopic (exact) mass is 342 g/mol. The molecule has 0 aromatic carbocycles. The first-order valence-corrected chi connectivity index (χ1v) is 7.49. The molecule has 1 amide bonds. The van der Waals surface area contributed by atoms with Gasteiger partial charge in [0, 0.05) is 17.9 Å². The predicted molar refractivity (Wildman–Crippen MR) is 78.9 cm³/mol. The molecular formula is C15H17F3N4O2. The Morgan fingerprint density at radius 3 is 2.71 bits per heavy atom. The quantitative estimate of drug-likeness (QED) is 0.796. The molecule has 0 bridgehead atoms. The Bertz CT molecular complexity index is 800. The van der Waals surface area contributed by atoms with Gasteiger partial charge in [0.15, 0.2) is 11.8 Å². The van der Waals surface area contributed by atoms with Crippen LogP contribution in [-0.2, 0) is 4.74 Å². The van der Waals surface area contributed by atoms with Gasteiger partial charge in [-0.15, -0.1) is 0 Å². The summed E-state index contributed by atoms with van der Waals surface area (Å²) in [6.45, 7) is 4.70. The molecule has 1 saturated heterocycles. The summed E-state index contributed by atoms with van der Waals surface area (Å²) in [6.07, 6.45) is -6.46. The van der Waals surface area contributed by atoms with Crippen molar-refractivity contribution < 1.29 is 22.7 Å². The van der Waals surface area contributed by atoms with Crippen LogP contribution in [0.3, 0.4) is 0 Å². The maximum absolute atomic E-state index is 12.9. The first kappa shape index (κ1) is 16.7. The average molecular weight is 342 g/mol. The van der Waals surface area contributed by atoms with Gasteiger partial charge in [0.05, 0.1) is 18.8 Å². The molecule has 3 rings (SSSR count). The number of hydrogen-bond acceptors (Lipinski definition) is 4. The third kappa shape index (κ3) is 2.83. The van der Waals surface area contributed by atoms with Crippen molar-refractivity contribution in [1.29, 1.82) is 0 Å². The lowest BCUT2D eigenvalue weighted by molar-refractivity contribution is -0.233. The van der Waals surface area contributed by atoms with E-state index in [0.717, 1.165) is 10.6 Å². The molecule has 1 unspecified atom stereocenters. The number of carbonyl (C=O) groups excluding carboxylic acids is 1. The number of morpholine rings is 1. The second-order valence-electron chi connectivity index (χ2n) is 5.89. The van der Waals surface area contributed by atoms with Crippen molar-refractivity contribution in [3.8, 4) is 0 Å². The van der Waals surface area contributed by atoms with E-state index in [1.165, 1.54) is 4.52 Å². The van der Waals surface area contributed by atoms with E-state index in [-0.39, 0.29) is 18.7 Å². The summed E-state index contributed by atoms with van der Waals surface area (Å²) in [5, 5.41) is 4.29. The van der Waals surface area contributed by atoms with Crippen LogP contribution in [0.1, 0.15) is 27.4 Å². The number of ether oxygens (including phenoxy) is 1. The number of fused-ring (bicyclic) bond motifs is 1. The molecule has 0 saturated carbocycles. The van der Waals surface area contributed by atoms with E-state index in [1.807, 2.05) is 13.0 Å². The lowest BCUT2D eigenvalue weighted by atomic mass is 10.1. The molecule has 3 heterocycles. The van der Waals surface area contributed by atoms with Crippen molar-refractivity contribution in [2.75, 3.05) is 19.7 Å². The number of rotatable bonds is 1. The van der Waals surface area contributed by atoms with Gasteiger partial charge >= 0.3 is 6.18 Å². The summed E-state index contributed by atoms with van der Waals surface area (Å²) in [5.41, 5.74) is 2.56. The molecule has 0 spiro atoms. The maximum Gasteiger partial charge on any atom is 0.416 e. The number of amides is 1. The van der Waals surface area contributed by atoms with E-state index < -0.39 is 24.7 Å². The fourth-order valence-corrected chi connectivity index (χ4v) is 2.87. The molecule has 1 fully saturated rings. The van der Waals surface area contributed by atoms with Crippen LogP contribution < -0.4 is 0 Å². The highest BCUT2D eigenvalue weighted by Crippen LogP contribution is 2.27. The average Bonchev–Trinajstić information content (AvgIpc) is 2.82. The van der Waals surface area contributed by atoms with E-state index in [2.05, 4.69) is 10.1 Å². The van der Waals surface area contributed by atoms with Crippen LogP contribution in [0, 0.1) is 20.8 Å². The Hall–Kier alpha value is -2.16. The molecule has 2 aromatic rings. The van der Waals surface area contributed by atoms with Crippen molar-refractivity contribution in [2.24, 2.45) is 0 Å². The minimum atomic E-state index is -4.50. The minimum absolute atomic E-state index is 0.104. The van der Waals surface area contributed by atoms with Crippen LogP contribution in [0.15, 0.2) is 6.07 Å². The zero-order chi connectivity index (χ0) is 17.6. The summed E-state index contributed by atoms with van der Waals surface area (Å²) >= 11 is 0. The van der Waals surface area contributed by atoms with Crippen LogP contribution in [-0.4, -0.2) is 57.4 Å². The summed E-state index contributed by atoms with van der Waals surface area (Å²) < 4.78 is 44.9. The van der Waals surface area contributed by atoms with Gasteiger partial charge in [-0.05, 0) is 26.8 Å². The van der Waals surface area contributed by atoms with Crippen molar-refractivity contribution in [3.05, 3.63) is 28.7 Å². The van der Waals surface area contributed by atoms with E-state index in [0.29, 0.717) is 17.0 Å². The second-order valence-corrected chi connectivity index (χ2v) is 5.89. The Morgan fingerprint density at radius 2 is 2.04 bits per heavy atom. The van der Waals surface area contributed by atoms with E-state index in [9.17, 15) is 18.0 Å². The molecule has 130 valence electrons. The number of alkyl halides is 3. The van der Waals surface area contributed by atoms with Crippen molar-refractivity contribution >= 4 is 11.6 Å². The number of halogens is 3. The molecule has 1 aliphatic heterocycles. The summed E-state index contributed by atoms with van der Waals surface area (Å²) in [7, 11) is 0. The molecule has 1 atom stereocenters. The zero-order valence-corrected chi connectivity index (χ0v) is 13.5. The van der Waals surface area contributed by atoms with Gasteiger partial charge in [-0.3, -0.25) is 4.79 Å². The van der Waals surface area contributed by atoms with Crippen molar-refractivity contribution in [3.63, 3.8) is 0 Å². The highest BCUT2D eigenvalue weighted by atomic mass is 19.4. The third-order valence-electron chi connectivity index (χ3n) is 4.00.